The number of nitrogens with zero attached hydrogens (tertiary/aromatic N) is 2. The number of nitrogen functional groups attached to an aromatic ring is 1. The summed E-state index contributed by atoms with van der Waals surface area (Å²) in [5.41, 5.74) is 5.73. The zero-order valence-electron chi connectivity index (χ0n) is 7.96. The zero-order chi connectivity index (χ0) is 9.35. The minimum Gasteiger partial charge on any atom is -0.374 e. The molecule has 4 heteroatoms. The Hall–Kier alpha value is -0.640. The predicted molar refractivity (Wildman–Crippen MR) is 52.2 cm³/mol. The van der Waals surface area contributed by atoms with Crippen molar-refractivity contribution in [1.82, 2.24) is 10.2 Å². The van der Waals surface area contributed by atoms with Gasteiger partial charge in [0.1, 0.15) is 5.01 Å². The Kier molecular flexibility index (Phi) is 2.37. The second-order valence-corrected chi connectivity index (χ2v) is 5.11. The topological polar surface area (TPSA) is 51.8 Å². The maximum Gasteiger partial charge on any atom is 0.203 e. The van der Waals surface area contributed by atoms with E-state index in [-0.39, 0.29) is 5.41 Å². The lowest BCUT2D eigenvalue weighted by Gasteiger charge is -2.24. The second kappa shape index (κ2) is 3.01. The standard InChI is InChI=1S/C8H15N3S/c1-5(8(2,3)4)6-10-11-7(9)12-6/h5H,1-4H3,(H2,9,11). The van der Waals surface area contributed by atoms with Crippen molar-refractivity contribution in [1.29, 1.82) is 0 Å². The summed E-state index contributed by atoms with van der Waals surface area (Å²) in [6, 6.07) is 0. The zero-order valence-corrected chi connectivity index (χ0v) is 8.77. The van der Waals surface area contributed by atoms with Gasteiger partial charge in [0.25, 0.3) is 0 Å². The highest BCUT2D eigenvalue weighted by Crippen LogP contribution is 2.35. The summed E-state index contributed by atoms with van der Waals surface area (Å²) in [6.07, 6.45) is 0. The number of hydrogen-bond acceptors (Lipinski definition) is 4. The fourth-order valence-electron chi connectivity index (χ4n) is 0.792. The van der Waals surface area contributed by atoms with Crippen molar-refractivity contribution in [2.24, 2.45) is 5.41 Å². The molecule has 0 bridgehead atoms. The van der Waals surface area contributed by atoms with Gasteiger partial charge in [-0.25, -0.2) is 0 Å². The van der Waals surface area contributed by atoms with Crippen LogP contribution in [0.25, 0.3) is 0 Å². The molecule has 0 radical (unpaired) electrons. The van der Waals surface area contributed by atoms with Crippen LogP contribution in [0, 0.1) is 5.41 Å². The minimum absolute atomic E-state index is 0.228. The van der Waals surface area contributed by atoms with Crippen LogP contribution in [0.5, 0.6) is 0 Å². The van der Waals surface area contributed by atoms with E-state index in [0.29, 0.717) is 11.0 Å². The highest BCUT2D eigenvalue weighted by Gasteiger charge is 2.24. The van der Waals surface area contributed by atoms with E-state index in [1.54, 1.807) is 0 Å². The fraction of sp³-hybridized carbons (Fsp3) is 0.750. The van der Waals surface area contributed by atoms with E-state index in [0.717, 1.165) is 5.01 Å². The first-order chi connectivity index (χ1) is 5.41. The maximum absolute atomic E-state index is 5.50. The third kappa shape index (κ3) is 1.94. The van der Waals surface area contributed by atoms with Crippen molar-refractivity contribution in [3.63, 3.8) is 0 Å². The molecule has 68 valence electrons. The summed E-state index contributed by atoms with van der Waals surface area (Å²) in [5.74, 6) is 0.410. The predicted octanol–water partition coefficient (Wildman–Crippen LogP) is 2.27. The average molecular weight is 185 g/mol. The largest absolute Gasteiger partial charge is 0.374 e. The summed E-state index contributed by atoms with van der Waals surface area (Å²) in [6.45, 7) is 8.72. The molecule has 0 aromatic carbocycles. The molecule has 0 aliphatic carbocycles. The molecule has 1 atom stereocenters. The van der Waals surface area contributed by atoms with E-state index in [9.17, 15) is 0 Å². The van der Waals surface area contributed by atoms with E-state index < -0.39 is 0 Å². The molecule has 0 aliphatic rings. The van der Waals surface area contributed by atoms with E-state index in [1.165, 1.54) is 11.3 Å². The first kappa shape index (κ1) is 9.45. The van der Waals surface area contributed by atoms with Crippen LogP contribution in [0.4, 0.5) is 5.13 Å². The van der Waals surface area contributed by atoms with E-state index in [1.807, 2.05) is 0 Å². The van der Waals surface area contributed by atoms with Crippen molar-refractivity contribution in [2.75, 3.05) is 5.73 Å². The number of anilines is 1. The second-order valence-electron chi connectivity index (χ2n) is 4.07. The minimum atomic E-state index is 0.228. The molecule has 12 heavy (non-hydrogen) atoms. The van der Waals surface area contributed by atoms with E-state index in [2.05, 4.69) is 37.9 Å². The van der Waals surface area contributed by atoms with Crippen LogP contribution < -0.4 is 5.73 Å². The molecule has 1 rings (SSSR count). The number of rotatable bonds is 1. The van der Waals surface area contributed by atoms with Gasteiger partial charge in [-0.05, 0) is 5.41 Å². The lowest BCUT2D eigenvalue weighted by molar-refractivity contribution is 0.337. The normalized spacial score (nSPS) is 14.7. The Labute approximate surface area is 77.0 Å². The number of nitrogens with two attached hydrogens (primary N) is 1. The van der Waals surface area contributed by atoms with E-state index in [4.69, 9.17) is 5.73 Å². The Morgan fingerprint density at radius 2 is 1.92 bits per heavy atom. The van der Waals surface area contributed by atoms with Gasteiger partial charge in [-0.2, -0.15) is 0 Å². The molecule has 1 unspecified atom stereocenters. The quantitative estimate of drug-likeness (QED) is 0.730. The molecule has 0 saturated carbocycles. The van der Waals surface area contributed by atoms with Gasteiger partial charge in [-0.1, -0.05) is 39.0 Å². The molecule has 0 amide bonds. The first-order valence-corrected chi connectivity index (χ1v) is 4.82. The van der Waals surface area contributed by atoms with Crippen LogP contribution in [-0.4, -0.2) is 10.2 Å². The monoisotopic (exact) mass is 185 g/mol. The van der Waals surface area contributed by atoms with Crippen LogP contribution >= 0.6 is 11.3 Å². The third-order valence-electron chi connectivity index (χ3n) is 2.13. The van der Waals surface area contributed by atoms with Crippen LogP contribution in [0.3, 0.4) is 0 Å². The van der Waals surface area contributed by atoms with Crippen LogP contribution in [-0.2, 0) is 0 Å². The molecule has 0 fully saturated rings. The van der Waals surface area contributed by atoms with Crippen LogP contribution in [0.1, 0.15) is 38.6 Å². The van der Waals surface area contributed by atoms with Crippen molar-refractivity contribution in [3.8, 4) is 0 Å². The molecule has 0 saturated heterocycles. The van der Waals surface area contributed by atoms with Gasteiger partial charge in [0.2, 0.25) is 5.13 Å². The molecular formula is C8H15N3S. The van der Waals surface area contributed by atoms with Crippen LogP contribution in [0.15, 0.2) is 0 Å². The molecule has 1 heterocycles. The molecule has 1 aromatic heterocycles. The molecule has 0 spiro atoms. The summed E-state index contributed by atoms with van der Waals surface area (Å²) in [7, 11) is 0. The third-order valence-corrected chi connectivity index (χ3v) is 3.06. The Morgan fingerprint density at radius 3 is 2.25 bits per heavy atom. The molecule has 1 aromatic rings. The molecule has 2 N–H and O–H groups in total. The first-order valence-electron chi connectivity index (χ1n) is 4.00. The van der Waals surface area contributed by atoms with E-state index >= 15 is 0 Å². The highest BCUT2D eigenvalue weighted by atomic mass is 32.1. The van der Waals surface area contributed by atoms with Crippen molar-refractivity contribution >= 4 is 16.5 Å². The van der Waals surface area contributed by atoms with Gasteiger partial charge in [0.05, 0.1) is 0 Å². The molecule has 0 aliphatic heterocycles. The Balaban J connectivity index is 2.85. The van der Waals surface area contributed by atoms with Crippen molar-refractivity contribution in [3.05, 3.63) is 5.01 Å². The van der Waals surface area contributed by atoms with Crippen molar-refractivity contribution < 1.29 is 0 Å². The maximum atomic E-state index is 5.50. The van der Waals surface area contributed by atoms with Gasteiger partial charge in [0, 0.05) is 5.92 Å². The number of aromatic nitrogens is 2. The fourth-order valence-corrected chi connectivity index (χ4v) is 1.70. The summed E-state index contributed by atoms with van der Waals surface area (Å²) < 4.78 is 0. The number of hydrogen-bond donors (Lipinski definition) is 1. The average Bonchev–Trinajstić information content (AvgIpc) is 2.32. The smallest absolute Gasteiger partial charge is 0.203 e. The summed E-state index contributed by atoms with van der Waals surface area (Å²) in [5, 5.41) is 9.41. The van der Waals surface area contributed by atoms with Crippen molar-refractivity contribution in [2.45, 2.75) is 33.6 Å². The summed E-state index contributed by atoms with van der Waals surface area (Å²) in [4.78, 5) is 0. The van der Waals surface area contributed by atoms with Gasteiger partial charge < -0.3 is 5.73 Å². The lowest BCUT2D eigenvalue weighted by Crippen LogP contribution is -2.14. The van der Waals surface area contributed by atoms with Gasteiger partial charge in [0.15, 0.2) is 0 Å². The van der Waals surface area contributed by atoms with Crippen LogP contribution in [0.2, 0.25) is 0 Å². The summed E-state index contributed by atoms with van der Waals surface area (Å²) >= 11 is 1.48. The molecule has 3 nitrogen and oxygen atoms in total. The highest BCUT2D eigenvalue weighted by molar-refractivity contribution is 7.15. The van der Waals surface area contributed by atoms with Gasteiger partial charge >= 0.3 is 0 Å². The molecular weight excluding hydrogens is 170 g/mol. The lowest BCUT2D eigenvalue weighted by atomic mass is 9.83. The Bertz CT molecular complexity index is 262. The van der Waals surface area contributed by atoms with Gasteiger partial charge in [-0.3, -0.25) is 0 Å². The SMILES string of the molecule is CC(c1nnc(N)s1)C(C)(C)C. The van der Waals surface area contributed by atoms with Gasteiger partial charge in [-0.15, -0.1) is 10.2 Å². The Morgan fingerprint density at radius 1 is 1.33 bits per heavy atom.